The van der Waals surface area contributed by atoms with Gasteiger partial charge in [0.05, 0.1) is 29.1 Å². The fourth-order valence-corrected chi connectivity index (χ4v) is 4.91. The van der Waals surface area contributed by atoms with Crippen LogP contribution in [0, 0.1) is 5.82 Å². The highest BCUT2D eigenvalue weighted by Gasteiger charge is 2.28. The highest BCUT2D eigenvalue weighted by molar-refractivity contribution is 6.07. The molecule has 1 aromatic heterocycles. The maximum Gasteiger partial charge on any atom is 0.257 e. The Morgan fingerprint density at radius 3 is 2.48 bits per heavy atom. The standard InChI is InChI=1S/C26H29FN4O2/c1-2-33-24-8-4-3-7-23(24)29-13-15-30(16-14-29)25-20-17-19(27)9-10-22(20)28-18-21(25)26(32)31-11-5-6-12-31/h3-4,7-10,17-18H,2,5-6,11-16H2,1H3. The minimum absolute atomic E-state index is 0.00900. The van der Waals surface area contributed by atoms with Crippen molar-refractivity contribution in [3.05, 3.63) is 60.0 Å². The van der Waals surface area contributed by atoms with E-state index in [9.17, 15) is 9.18 Å². The molecule has 5 rings (SSSR count). The molecule has 172 valence electrons. The SMILES string of the molecule is CCOc1ccccc1N1CCN(c2c(C(=O)N3CCCC3)cnc3ccc(F)cc23)CC1. The molecule has 0 bridgehead atoms. The summed E-state index contributed by atoms with van der Waals surface area (Å²) in [4.78, 5) is 24.3. The van der Waals surface area contributed by atoms with E-state index in [1.807, 2.05) is 30.0 Å². The Hall–Kier alpha value is -3.35. The van der Waals surface area contributed by atoms with Gasteiger partial charge >= 0.3 is 0 Å². The van der Waals surface area contributed by atoms with Crippen molar-refractivity contribution in [2.45, 2.75) is 19.8 Å². The Balaban J connectivity index is 1.47. The molecular formula is C26H29FN4O2. The summed E-state index contributed by atoms with van der Waals surface area (Å²) in [6.07, 6.45) is 3.72. The van der Waals surface area contributed by atoms with Crippen LogP contribution in [-0.4, -0.2) is 61.7 Å². The van der Waals surface area contributed by atoms with Gasteiger partial charge in [-0.1, -0.05) is 12.1 Å². The van der Waals surface area contributed by atoms with E-state index in [1.165, 1.54) is 12.1 Å². The number of ether oxygens (including phenoxy) is 1. The van der Waals surface area contributed by atoms with Crippen molar-refractivity contribution < 1.29 is 13.9 Å². The number of nitrogens with zero attached hydrogens (tertiary/aromatic N) is 4. The molecule has 0 spiro atoms. The highest BCUT2D eigenvalue weighted by atomic mass is 19.1. The molecule has 0 atom stereocenters. The monoisotopic (exact) mass is 448 g/mol. The van der Waals surface area contributed by atoms with Gasteiger partial charge in [0, 0.05) is 50.9 Å². The van der Waals surface area contributed by atoms with E-state index in [0.29, 0.717) is 23.1 Å². The lowest BCUT2D eigenvalue weighted by Gasteiger charge is -2.39. The summed E-state index contributed by atoms with van der Waals surface area (Å²) >= 11 is 0. The minimum atomic E-state index is -0.319. The Bertz CT molecular complexity index is 1150. The van der Waals surface area contributed by atoms with Gasteiger partial charge in [-0.3, -0.25) is 9.78 Å². The van der Waals surface area contributed by atoms with Gasteiger partial charge in [0.15, 0.2) is 0 Å². The van der Waals surface area contributed by atoms with Gasteiger partial charge in [-0.15, -0.1) is 0 Å². The largest absolute Gasteiger partial charge is 0.492 e. The number of benzene rings is 2. The van der Waals surface area contributed by atoms with Crippen LogP contribution in [0.2, 0.25) is 0 Å². The molecule has 0 unspecified atom stereocenters. The predicted molar refractivity (Wildman–Crippen MR) is 129 cm³/mol. The van der Waals surface area contributed by atoms with E-state index < -0.39 is 0 Å². The molecular weight excluding hydrogens is 419 g/mol. The molecule has 0 N–H and O–H groups in total. The summed E-state index contributed by atoms with van der Waals surface area (Å²) < 4.78 is 20.1. The number of fused-ring (bicyclic) bond motifs is 1. The zero-order chi connectivity index (χ0) is 22.8. The summed E-state index contributed by atoms with van der Waals surface area (Å²) in [5, 5.41) is 0.697. The van der Waals surface area contributed by atoms with Gasteiger partial charge in [-0.25, -0.2) is 4.39 Å². The van der Waals surface area contributed by atoms with Crippen LogP contribution >= 0.6 is 0 Å². The number of rotatable bonds is 5. The molecule has 2 aromatic carbocycles. The first-order valence-corrected chi connectivity index (χ1v) is 11.7. The number of likely N-dealkylation sites (tertiary alicyclic amines) is 1. The van der Waals surface area contributed by atoms with Crippen LogP contribution in [0.4, 0.5) is 15.8 Å². The number of piperazine rings is 1. The number of aromatic nitrogens is 1. The van der Waals surface area contributed by atoms with Gasteiger partial charge in [0.2, 0.25) is 0 Å². The molecule has 3 heterocycles. The molecule has 0 radical (unpaired) electrons. The third-order valence-electron chi connectivity index (χ3n) is 6.53. The zero-order valence-electron chi connectivity index (χ0n) is 19.0. The number of pyridine rings is 1. The number of amides is 1. The van der Waals surface area contributed by atoms with E-state index in [2.05, 4.69) is 20.9 Å². The maximum atomic E-state index is 14.3. The number of anilines is 2. The third-order valence-corrected chi connectivity index (χ3v) is 6.53. The first kappa shape index (κ1) is 21.5. The second-order valence-electron chi connectivity index (χ2n) is 8.56. The van der Waals surface area contributed by atoms with Crippen molar-refractivity contribution in [2.24, 2.45) is 0 Å². The topological polar surface area (TPSA) is 48.9 Å². The maximum absolute atomic E-state index is 14.3. The van der Waals surface area contributed by atoms with Gasteiger partial charge in [-0.05, 0) is 50.1 Å². The Kier molecular flexibility index (Phi) is 6.03. The summed E-state index contributed by atoms with van der Waals surface area (Å²) in [6, 6.07) is 12.7. The minimum Gasteiger partial charge on any atom is -0.492 e. The first-order valence-electron chi connectivity index (χ1n) is 11.7. The van der Waals surface area contributed by atoms with Crippen LogP contribution in [0.5, 0.6) is 5.75 Å². The van der Waals surface area contributed by atoms with Gasteiger partial charge in [0.25, 0.3) is 5.91 Å². The summed E-state index contributed by atoms with van der Waals surface area (Å²) in [7, 11) is 0. The van der Waals surface area contributed by atoms with Crippen molar-refractivity contribution in [1.82, 2.24) is 9.88 Å². The van der Waals surface area contributed by atoms with Crippen LogP contribution in [0.25, 0.3) is 10.9 Å². The average Bonchev–Trinajstić information content (AvgIpc) is 3.39. The fourth-order valence-electron chi connectivity index (χ4n) is 4.91. The number of carbonyl (C=O) groups is 1. The molecule has 0 aliphatic carbocycles. The molecule has 0 saturated carbocycles. The molecule has 1 amide bonds. The summed E-state index contributed by atoms with van der Waals surface area (Å²) in [5.41, 5.74) is 3.15. The van der Waals surface area contributed by atoms with Crippen LogP contribution in [0.3, 0.4) is 0 Å². The lowest BCUT2D eigenvalue weighted by atomic mass is 10.1. The Morgan fingerprint density at radius 1 is 1.00 bits per heavy atom. The number of hydrogen-bond donors (Lipinski definition) is 0. The van der Waals surface area contributed by atoms with Crippen molar-refractivity contribution in [3.63, 3.8) is 0 Å². The lowest BCUT2D eigenvalue weighted by Crippen LogP contribution is -2.47. The van der Waals surface area contributed by atoms with Crippen LogP contribution in [0.15, 0.2) is 48.7 Å². The van der Waals surface area contributed by atoms with Crippen LogP contribution in [-0.2, 0) is 0 Å². The smallest absolute Gasteiger partial charge is 0.257 e. The van der Waals surface area contributed by atoms with E-state index in [4.69, 9.17) is 4.74 Å². The van der Waals surface area contributed by atoms with Crippen molar-refractivity contribution >= 4 is 28.2 Å². The molecule has 2 aliphatic heterocycles. The second kappa shape index (κ2) is 9.25. The number of carbonyl (C=O) groups excluding carboxylic acids is 1. The molecule has 2 saturated heterocycles. The normalized spacial score (nSPS) is 16.5. The Morgan fingerprint density at radius 2 is 1.73 bits per heavy atom. The van der Waals surface area contributed by atoms with E-state index in [0.717, 1.165) is 69.2 Å². The quantitative estimate of drug-likeness (QED) is 0.581. The molecule has 3 aromatic rings. The molecule has 6 nitrogen and oxygen atoms in total. The number of halogens is 1. The first-order chi connectivity index (χ1) is 16.2. The van der Waals surface area contributed by atoms with Gasteiger partial charge in [0.1, 0.15) is 11.6 Å². The average molecular weight is 449 g/mol. The fraction of sp³-hybridized carbons (Fsp3) is 0.385. The van der Waals surface area contributed by atoms with E-state index >= 15 is 0 Å². The predicted octanol–water partition coefficient (Wildman–Crippen LogP) is 4.34. The molecule has 2 aliphatic rings. The second-order valence-corrected chi connectivity index (χ2v) is 8.56. The zero-order valence-corrected chi connectivity index (χ0v) is 19.0. The van der Waals surface area contributed by atoms with Crippen molar-refractivity contribution in [2.75, 3.05) is 55.7 Å². The molecule has 7 heteroatoms. The molecule has 33 heavy (non-hydrogen) atoms. The van der Waals surface area contributed by atoms with E-state index in [1.54, 1.807) is 12.3 Å². The molecule has 2 fully saturated rings. The van der Waals surface area contributed by atoms with Crippen LogP contribution in [0.1, 0.15) is 30.1 Å². The number of para-hydroxylation sites is 2. The van der Waals surface area contributed by atoms with Gasteiger partial charge < -0.3 is 19.4 Å². The highest BCUT2D eigenvalue weighted by Crippen LogP contribution is 2.34. The lowest BCUT2D eigenvalue weighted by molar-refractivity contribution is 0.0793. The van der Waals surface area contributed by atoms with Crippen molar-refractivity contribution in [3.8, 4) is 5.75 Å². The number of hydrogen-bond acceptors (Lipinski definition) is 5. The summed E-state index contributed by atoms with van der Waals surface area (Å²) in [5.74, 6) is 0.556. The van der Waals surface area contributed by atoms with Crippen LogP contribution < -0.4 is 14.5 Å². The Labute approximate surface area is 193 Å². The summed E-state index contributed by atoms with van der Waals surface area (Å²) in [6.45, 7) is 7.13. The van der Waals surface area contributed by atoms with Gasteiger partial charge in [-0.2, -0.15) is 0 Å². The van der Waals surface area contributed by atoms with Crippen molar-refractivity contribution in [1.29, 1.82) is 0 Å². The third kappa shape index (κ3) is 4.19. The van der Waals surface area contributed by atoms with E-state index in [-0.39, 0.29) is 11.7 Å².